The molecular formula is C17H24ClNO5. The molecule has 1 aromatic rings. The molecule has 0 saturated heterocycles. The minimum absolute atomic E-state index is 0.0430. The largest absolute Gasteiger partial charge is 0.493 e. The predicted molar refractivity (Wildman–Crippen MR) is 92.2 cm³/mol. The van der Waals surface area contributed by atoms with Crippen LogP contribution in [0.15, 0.2) is 12.1 Å². The minimum atomic E-state index is -0.977. The van der Waals surface area contributed by atoms with Crippen molar-refractivity contribution in [2.75, 3.05) is 20.3 Å². The van der Waals surface area contributed by atoms with Gasteiger partial charge in [0.25, 0.3) is 5.91 Å². The van der Waals surface area contributed by atoms with Crippen molar-refractivity contribution in [2.45, 2.75) is 33.6 Å². The van der Waals surface area contributed by atoms with Gasteiger partial charge in [-0.05, 0) is 31.9 Å². The summed E-state index contributed by atoms with van der Waals surface area (Å²) in [6, 6.07) is 3.00. The summed E-state index contributed by atoms with van der Waals surface area (Å²) in [7, 11) is 1.46. The molecule has 0 heterocycles. The van der Waals surface area contributed by atoms with Crippen molar-refractivity contribution >= 4 is 23.5 Å². The Kier molecular flexibility index (Phi) is 7.35. The first-order chi connectivity index (χ1) is 11.3. The summed E-state index contributed by atoms with van der Waals surface area (Å²) in [6.07, 6.45) is 0.846. The monoisotopic (exact) mass is 357 g/mol. The van der Waals surface area contributed by atoms with Crippen molar-refractivity contribution in [2.24, 2.45) is 5.41 Å². The third kappa shape index (κ3) is 4.32. The average Bonchev–Trinajstić information content (AvgIpc) is 2.57. The molecule has 134 valence electrons. The summed E-state index contributed by atoms with van der Waals surface area (Å²) in [5, 5.41) is 12.4. The molecule has 0 aliphatic rings. The molecular weight excluding hydrogens is 334 g/mol. The lowest BCUT2D eigenvalue weighted by Gasteiger charge is -2.26. The standard InChI is InChI=1S/C17H24ClNO5/c1-5-17(6-2,16(21)22)10-19-15(20)11-8-12(18)14(24-7-3)13(9-11)23-4/h8-9H,5-7,10H2,1-4H3,(H,19,20)(H,21,22). The summed E-state index contributed by atoms with van der Waals surface area (Å²) >= 11 is 6.15. The highest BCUT2D eigenvalue weighted by atomic mass is 35.5. The second-order valence-electron chi connectivity index (χ2n) is 5.40. The molecule has 6 nitrogen and oxygen atoms in total. The van der Waals surface area contributed by atoms with Gasteiger partial charge in [0.05, 0.1) is 24.2 Å². The second kappa shape index (κ2) is 8.78. The van der Waals surface area contributed by atoms with Gasteiger partial charge in [0, 0.05) is 12.1 Å². The highest BCUT2D eigenvalue weighted by molar-refractivity contribution is 6.32. The quantitative estimate of drug-likeness (QED) is 0.707. The first kappa shape index (κ1) is 20.1. The molecule has 0 radical (unpaired) electrons. The van der Waals surface area contributed by atoms with Gasteiger partial charge in [-0.1, -0.05) is 25.4 Å². The third-order valence-electron chi connectivity index (χ3n) is 4.17. The number of carbonyl (C=O) groups excluding carboxylic acids is 1. The Morgan fingerprint density at radius 3 is 2.33 bits per heavy atom. The van der Waals surface area contributed by atoms with Crippen LogP contribution in [0.5, 0.6) is 11.5 Å². The number of halogens is 1. The topological polar surface area (TPSA) is 84.9 Å². The van der Waals surface area contributed by atoms with E-state index in [1.807, 2.05) is 6.92 Å². The van der Waals surface area contributed by atoms with E-state index in [1.54, 1.807) is 13.8 Å². The van der Waals surface area contributed by atoms with Crippen LogP contribution in [0.1, 0.15) is 44.0 Å². The number of carboxylic acids is 1. The Labute approximate surface area is 147 Å². The van der Waals surface area contributed by atoms with E-state index in [2.05, 4.69) is 5.32 Å². The van der Waals surface area contributed by atoms with Gasteiger partial charge in [-0.2, -0.15) is 0 Å². The molecule has 7 heteroatoms. The number of hydrogen-bond donors (Lipinski definition) is 2. The summed E-state index contributed by atoms with van der Waals surface area (Å²) in [4.78, 5) is 23.9. The maximum atomic E-state index is 12.4. The van der Waals surface area contributed by atoms with E-state index >= 15 is 0 Å². The lowest BCUT2D eigenvalue weighted by Crippen LogP contribution is -2.42. The van der Waals surface area contributed by atoms with Crippen molar-refractivity contribution in [3.8, 4) is 11.5 Å². The van der Waals surface area contributed by atoms with Crippen LogP contribution in [0, 0.1) is 5.41 Å². The van der Waals surface area contributed by atoms with Gasteiger partial charge >= 0.3 is 5.97 Å². The van der Waals surface area contributed by atoms with E-state index < -0.39 is 17.3 Å². The van der Waals surface area contributed by atoms with Crippen LogP contribution in [0.4, 0.5) is 0 Å². The van der Waals surface area contributed by atoms with Crippen LogP contribution >= 0.6 is 11.6 Å². The molecule has 0 bridgehead atoms. The van der Waals surface area contributed by atoms with Crippen LogP contribution in [-0.2, 0) is 4.79 Å². The number of benzene rings is 1. The zero-order valence-electron chi connectivity index (χ0n) is 14.4. The number of carbonyl (C=O) groups is 2. The lowest BCUT2D eigenvalue weighted by molar-refractivity contribution is -0.149. The van der Waals surface area contributed by atoms with Crippen molar-refractivity contribution in [1.29, 1.82) is 0 Å². The summed E-state index contributed by atoms with van der Waals surface area (Å²) in [5.41, 5.74) is -0.693. The third-order valence-corrected chi connectivity index (χ3v) is 4.46. The van der Waals surface area contributed by atoms with Gasteiger partial charge in [-0.25, -0.2) is 0 Å². The molecule has 0 aliphatic carbocycles. The molecule has 1 aromatic carbocycles. The van der Waals surface area contributed by atoms with E-state index in [-0.39, 0.29) is 17.1 Å². The Bertz CT molecular complexity index is 599. The van der Waals surface area contributed by atoms with Crippen LogP contribution in [0.25, 0.3) is 0 Å². The van der Waals surface area contributed by atoms with Crippen molar-refractivity contribution < 1.29 is 24.2 Å². The molecule has 0 unspecified atom stereocenters. The van der Waals surface area contributed by atoms with Gasteiger partial charge in [-0.15, -0.1) is 0 Å². The fourth-order valence-electron chi connectivity index (χ4n) is 2.36. The maximum absolute atomic E-state index is 12.4. The van der Waals surface area contributed by atoms with Gasteiger partial charge in [0.1, 0.15) is 0 Å². The number of amides is 1. The zero-order valence-corrected chi connectivity index (χ0v) is 15.2. The number of ether oxygens (including phenoxy) is 2. The van der Waals surface area contributed by atoms with Crippen LogP contribution in [0.3, 0.4) is 0 Å². The van der Waals surface area contributed by atoms with Gasteiger partial charge in [0.15, 0.2) is 11.5 Å². The van der Waals surface area contributed by atoms with E-state index in [9.17, 15) is 14.7 Å². The fourth-order valence-corrected chi connectivity index (χ4v) is 2.63. The van der Waals surface area contributed by atoms with E-state index in [0.717, 1.165) is 0 Å². The van der Waals surface area contributed by atoms with E-state index in [4.69, 9.17) is 21.1 Å². The summed E-state index contributed by atoms with van der Waals surface area (Å²) in [6.45, 7) is 5.86. The predicted octanol–water partition coefficient (Wildman–Crippen LogP) is 3.37. The molecule has 1 amide bonds. The number of nitrogens with one attached hydrogen (secondary N) is 1. The SMILES string of the molecule is CCOc1c(Cl)cc(C(=O)NCC(CC)(CC)C(=O)O)cc1OC. The number of methoxy groups -OCH3 is 1. The Balaban J connectivity index is 3.00. The van der Waals surface area contributed by atoms with Crippen LogP contribution in [-0.4, -0.2) is 37.2 Å². The molecule has 0 aliphatic heterocycles. The first-order valence-electron chi connectivity index (χ1n) is 7.87. The highest BCUT2D eigenvalue weighted by Gasteiger charge is 2.35. The molecule has 0 fully saturated rings. The number of aliphatic carboxylic acids is 1. The minimum Gasteiger partial charge on any atom is -0.493 e. The summed E-state index contributed by atoms with van der Waals surface area (Å²) < 4.78 is 10.6. The molecule has 24 heavy (non-hydrogen) atoms. The van der Waals surface area contributed by atoms with Crippen molar-refractivity contribution in [1.82, 2.24) is 5.32 Å². The molecule has 0 aromatic heterocycles. The molecule has 2 N–H and O–H groups in total. The Hall–Kier alpha value is -1.95. The summed E-state index contributed by atoms with van der Waals surface area (Å²) in [5.74, 6) is -0.605. The van der Waals surface area contributed by atoms with Crippen molar-refractivity contribution in [3.05, 3.63) is 22.7 Å². The first-order valence-corrected chi connectivity index (χ1v) is 8.24. The molecule has 0 spiro atoms. The van der Waals surface area contributed by atoms with E-state index in [0.29, 0.717) is 30.9 Å². The zero-order chi connectivity index (χ0) is 18.3. The lowest BCUT2D eigenvalue weighted by atomic mass is 9.82. The number of carboxylic acid groups (broad SMARTS) is 1. The number of hydrogen-bond acceptors (Lipinski definition) is 4. The van der Waals surface area contributed by atoms with Crippen LogP contribution < -0.4 is 14.8 Å². The smallest absolute Gasteiger partial charge is 0.311 e. The van der Waals surface area contributed by atoms with Gasteiger partial charge in [0.2, 0.25) is 0 Å². The van der Waals surface area contributed by atoms with E-state index in [1.165, 1.54) is 19.2 Å². The average molecular weight is 358 g/mol. The molecule has 0 saturated carbocycles. The van der Waals surface area contributed by atoms with Crippen LogP contribution in [0.2, 0.25) is 5.02 Å². The van der Waals surface area contributed by atoms with Gasteiger partial charge < -0.3 is 19.9 Å². The van der Waals surface area contributed by atoms with Gasteiger partial charge in [-0.3, -0.25) is 9.59 Å². The van der Waals surface area contributed by atoms with Crippen molar-refractivity contribution in [3.63, 3.8) is 0 Å². The highest BCUT2D eigenvalue weighted by Crippen LogP contribution is 2.36. The Morgan fingerprint density at radius 2 is 1.88 bits per heavy atom. The normalized spacial score (nSPS) is 11.0. The second-order valence-corrected chi connectivity index (χ2v) is 5.80. The maximum Gasteiger partial charge on any atom is 0.311 e. The molecule has 1 rings (SSSR count). The fraction of sp³-hybridized carbons (Fsp3) is 0.529. The molecule has 0 atom stereocenters. The number of rotatable bonds is 9. The Morgan fingerprint density at radius 1 is 1.25 bits per heavy atom.